The smallest absolute Gasteiger partial charge is 0.126 e. The lowest BCUT2D eigenvalue weighted by molar-refractivity contribution is 0.231. The normalized spacial score (nSPS) is 16.4. The summed E-state index contributed by atoms with van der Waals surface area (Å²) in [4.78, 5) is 2.57. The lowest BCUT2D eigenvalue weighted by atomic mass is 10.0. The molecule has 0 radical (unpaired) electrons. The van der Waals surface area contributed by atoms with Gasteiger partial charge in [0.15, 0.2) is 0 Å². The van der Waals surface area contributed by atoms with Crippen molar-refractivity contribution in [3.63, 3.8) is 0 Å². The van der Waals surface area contributed by atoms with E-state index < -0.39 is 0 Å². The Labute approximate surface area is 120 Å². The van der Waals surface area contributed by atoms with Gasteiger partial charge in [0.25, 0.3) is 0 Å². The van der Waals surface area contributed by atoms with Crippen LogP contribution in [0.15, 0.2) is 30.5 Å². The Bertz CT molecular complexity index is 538. The molecule has 1 fully saturated rings. The van der Waals surface area contributed by atoms with Crippen LogP contribution >= 0.6 is 0 Å². The van der Waals surface area contributed by atoms with E-state index in [4.69, 9.17) is 5.73 Å². The molecule has 106 valence electrons. The van der Waals surface area contributed by atoms with Gasteiger partial charge in [-0.2, -0.15) is 5.10 Å². The second kappa shape index (κ2) is 6.09. The zero-order valence-electron chi connectivity index (χ0n) is 11.8. The Kier molecular flexibility index (Phi) is 4.02. The number of aromatic nitrogens is 2. The van der Waals surface area contributed by atoms with Crippen molar-refractivity contribution >= 4 is 5.82 Å². The number of nitrogen functional groups attached to an aromatic ring is 1. The number of nitrogens with zero attached hydrogens (tertiary/aromatic N) is 2. The van der Waals surface area contributed by atoms with Crippen molar-refractivity contribution in [3.05, 3.63) is 36.0 Å². The van der Waals surface area contributed by atoms with Crippen LogP contribution in [0.25, 0.3) is 11.1 Å². The van der Waals surface area contributed by atoms with E-state index in [9.17, 15) is 0 Å². The largest absolute Gasteiger partial charge is 0.384 e. The van der Waals surface area contributed by atoms with Crippen molar-refractivity contribution in [2.45, 2.75) is 25.7 Å². The number of H-pyrrole nitrogens is 1. The number of piperidine rings is 1. The van der Waals surface area contributed by atoms with Gasteiger partial charge in [-0.05, 0) is 43.5 Å². The van der Waals surface area contributed by atoms with Crippen LogP contribution < -0.4 is 5.73 Å². The Morgan fingerprint density at radius 2 is 1.85 bits per heavy atom. The highest BCUT2D eigenvalue weighted by molar-refractivity contribution is 5.72. The van der Waals surface area contributed by atoms with Crippen LogP contribution in [0.3, 0.4) is 0 Å². The van der Waals surface area contributed by atoms with Crippen LogP contribution in [0, 0.1) is 0 Å². The molecule has 1 aromatic carbocycles. The van der Waals surface area contributed by atoms with Crippen LogP contribution in [0.1, 0.15) is 24.8 Å². The summed E-state index contributed by atoms with van der Waals surface area (Å²) in [5.41, 5.74) is 9.33. The van der Waals surface area contributed by atoms with Crippen molar-refractivity contribution in [1.82, 2.24) is 15.1 Å². The number of anilines is 1. The fraction of sp³-hybridized carbons (Fsp3) is 0.438. The van der Waals surface area contributed by atoms with Crippen molar-refractivity contribution in [3.8, 4) is 11.1 Å². The van der Waals surface area contributed by atoms with Crippen LogP contribution in [0.5, 0.6) is 0 Å². The van der Waals surface area contributed by atoms with Gasteiger partial charge in [0.1, 0.15) is 5.82 Å². The first kappa shape index (κ1) is 13.2. The third-order valence-electron chi connectivity index (χ3n) is 4.10. The number of hydrogen-bond acceptors (Lipinski definition) is 3. The third kappa shape index (κ3) is 3.02. The van der Waals surface area contributed by atoms with Crippen LogP contribution in [0.4, 0.5) is 5.82 Å². The van der Waals surface area contributed by atoms with Crippen LogP contribution in [-0.2, 0) is 6.42 Å². The highest BCUT2D eigenvalue weighted by Gasteiger charge is 2.10. The zero-order chi connectivity index (χ0) is 13.8. The maximum atomic E-state index is 5.84. The number of rotatable bonds is 4. The summed E-state index contributed by atoms with van der Waals surface area (Å²) in [6.45, 7) is 3.71. The molecule has 0 atom stereocenters. The molecule has 1 aromatic heterocycles. The molecule has 2 aromatic rings. The second-order valence-electron chi connectivity index (χ2n) is 5.55. The van der Waals surface area contributed by atoms with Gasteiger partial charge in [0.2, 0.25) is 0 Å². The highest BCUT2D eigenvalue weighted by atomic mass is 15.1. The second-order valence-corrected chi connectivity index (χ2v) is 5.55. The number of nitrogens with one attached hydrogen (secondary N) is 1. The van der Waals surface area contributed by atoms with Crippen LogP contribution in [0.2, 0.25) is 0 Å². The molecule has 0 amide bonds. The standard InChI is InChI=1S/C16H22N4/c17-16-15(12-18-19-16)14-6-4-13(5-7-14)8-11-20-9-2-1-3-10-20/h4-7,12H,1-3,8-11H2,(H3,17,18,19). The third-order valence-corrected chi connectivity index (χ3v) is 4.10. The van der Waals surface area contributed by atoms with E-state index in [0.717, 1.165) is 17.5 Å². The molecule has 0 unspecified atom stereocenters. The SMILES string of the molecule is Nc1[nH]ncc1-c1ccc(CCN2CCCCC2)cc1. The molecule has 4 heteroatoms. The molecule has 1 saturated heterocycles. The molecule has 3 N–H and O–H groups in total. The minimum Gasteiger partial charge on any atom is -0.384 e. The van der Waals surface area contributed by atoms with Gasteiger partial charge in [-0.15, -0.1) is 0 Å². The van der Waals surface area contributed by atoms with Crippen molar-refractivity contribution in [1.29, 1.82) is 0 Å². The average Bonchev–Trinajstić information content (AvgIpc) is 2.93. The van der Waals surface area contributed by atoms with Gasteiger partial charge in [-0.3, -0.25) is 5.10 Å². The number of hydrogen-bond donors (Lipinski definition) is 2. The average molecular weight is 270 g/mol. The van der Waals surface area contributed by atoms with E-state index in [1.165, 1.54) is 44.5 Å². The van der Waals surface area contributed by atoms with Gasteiger partial charge >= 0.3 is 0 Å². The first-order chi connectivity index (χ1) is 9.83. The summed E-state index contributed by atoms with van der Waals surface area (Å²) in [5.74, 6) is 0.631. The molecule has 2 heterocycles. The molecule has 4 nitrogen and oxygen atoms in total. The first-order valence-electron chi connectivity index (χ1n) is 7.43. The predicted octanol–water partition coefficient (Wildman–Crippen LogP) is 2.69. The highest BCUT2D eigenvalue weighted by Crippen LogP contribution is 2.23. The van der Waals surface area contributed by atoms with Gasteiger partial charge in [-0.1, -0.05) is 30.7 Å². The van der Waals surface area contributed by atoms with Crippen molar-refractivity contribution < 1.29 is 0 Å². The van der Waals surface area contributed by atoms with Gasteiger partial charge in [-0.25, -0.2) is 0 Å². The molecule has 0 aliphatic carbocycles. The lowest BCUT2D eigenvalue weighted by Crippen LogP contribution is -2.31. The van der Waals surface area contributed by atoms with E-state index in [0.29, 0.717) is 5.82 Å². The summed E-state index contributed by atoms with van der Waals surface area (Å²) in [6, 6.07) is 8.66. The Morgan fingerprint density at radius 1 is 1.10 bits per heavy atom. The van der Waals surface area contributed by atoms with E-state index in [1.54, 1.807) is 6.20 Å². The fourth-order valence-corrected chi connectivity index (χ4v) is 2.85. The number of nitrogens with two attached hydrogens (primary N) is 1. The number of likely N-dealkylation sites (tertiary alicyclic amines) is 1. The topological polar surface area (TPSA) is 57.9 Å². The molecule has 3 rings (SSSR count). The van der Waals surface area contributed by atoms with E-state index in [-0.39, 0.29) is 0 Å². The summed E-state index contributed by atoms with van der Waals surface area (Å²) in [6.07, 6.45) is 7.02. The minimum absolute atomic E-state index is 0.631. The Morgan fingerprint density at radius 3 is 2.50 bits per heavy atom. The molecule has 0 saturated carbocycles. The monoisotopic (exact) mass is 270 g/mol. The molecule has 0 spiro atoms. The zero-order valence-corrected chi connectivity index (χ0v) is 11.8. The molecular weight excluding hydrogens is 248 g/mol. The summed E-state index contributed by atoms with van der Waals surface area (Å²) in [7, 11) is 0. The van der Waals surface area contributed by atoms with Crippen molar-refractivity contribution in [2.24, 2.45) is 0 Å². The number of benzene rings is 1. The first-order valence-corrected chi connectivity index (χ1v) is 7.43. The maximum absolute atomic E-state index is 5.84. The lowest BCUT2D eigenvalue weighted by Gasteiger charge is -2.26. The Hall–Kier alpha value is -1.81. The summed E-state index contributed by atoms with van der Waals surface area (Å²) < 4.78 is 0. The van der Waals surface area contributed by atoms with Crippen molar-refractivity contribution in [2.75, 3.05) is 25.4 Å². The molecule has 1 aliphatic rings. The Balaban J connectivity index is 1.60. The van der Waals surface area contributed by atoms with E-state index >= 15 is 0 Å². The number of aromatic amines is 1. The molecule has 1 aliphatic heterocycles. The maximum Gasteiger partial charge on any atom is 0.126 e. The van der Waals surface area contributed by atoms with E-state index in [2.05, 4.69) is 39.4 Å². The fourth-order valence-electron chi connectivity index (χ4n) is 2.85. The van der Waals surface area contributed by atoms with Gasteiger partial charge in [0.05, 0.1) is 6.20 Å². The van der Waals surface area contributed by atoms with E-state index in [1.807, 2.05) is 0 Å². The van der Waals surface area contributed by atoms with Gasteiger partial charge < -0.3 is 10.6 Å². The predicted molar refractivity (Wildman–Crippen MR) is 82.4 cm³/mol. The molecule has 0 bridgehead atoms. The minimum atomic E-state index is 0.631. The van der Waals surface area contributed by atoms with Crippen LogP contribution in [-0.4, -0.2) is 34.7 Å². The quantitative estimate of drug-likeness (QED) is 0.898. The van der Waals surface area contributed by atoms with Gasteiger partial charge in [0, 0.05) is 12.1 Å². The molecular formula is C16H22N4. The molecule has 20 heavy (non-hydrogen) atoms. The summed E-state index contributed by atoms with van der Waals surface area (Å²) in [5, 5.41) is 6.73. The summed E-state index contributed by atoms with van der Waals surface area (Å²) >= 11 is 0.